The molecule has 0 spiro atoms. The normalized spacial score (nSPS) is 12.0. The molecule has 31 heavy (non-hydrogen) atoms. The quantitative estimate of drug-likeness (QED) is 0.369. The van der Waals surface area contributed by atoms with Crippen molar-refractivity contribution in [1.82, 2.24) is 10.3 Å². The van der Waals surface area contributed by atoms with Crippen LogP contribution in [0.2, 0.25) is 0 Å². The Morgan fingerprint density at radius 3 is 2.68 bits per heavy atom. The van der Waals surface area contributed by atoms with E-state index in [9.17, 15) is 14.3 Å². The highest BCUT2D eigenvalue weighted by Gasteiger charge is 2.19. The summed E-state index contributed by atoms with van der Waals surface area (Å²) >= 11 is 0. The first-order valence-electron chi connectivity index (χ1n) is 10.1. The number of carbonyl (C=O) groups is 1. The molecule has 0 amide bonds. The molecule has 1 atom stereocenters. The number of hydrogen-bond donors (Lipinski definition) is 3. The second-order valence-corrected chi connectivity index (χ2v) is 7.36. The number of carboxylic acids is 1. The molecular weight excluding hydrogens is 395 g/mol. The zero-order valence-corrected chi connectivity index (χ0v) is 16.8. The maximum atomic E-state index is 13.8. The van der Waals surface area contributed by atoms with Gasteiger partial charge in [-0.2, -0.15) is 0 Å². The Balaban J connectivity index is 1.39. The number of carboxylic acid groups (broad SMARTS) is 1. The molecule has 4 rings (SSSR count). The molecule has 0 aliphatic heterocycles. The van der Waals surface area contributed by atoms with Crippen LogP contribution in [0.3, 0.4) is 0 Å². The Morgan fingerprint density at radius 1 is 1.03 bits per heavy atom. The van der Waals surface area contributed by atoms with Gasteiger partial charge >= 0.3 is 5.97 Å². The number of aliphatic carboxylic acids is 1. The highest BCUT2D eigenvalue weighted by molar-refractivity contribution is 5.84. The molecule has 0 fully saturated rings. The molecule has 5 nitrogen and oxygen atoms in total. The number of halogens is 1. The topological polar surface area (TPSA) is 74.3 Å². The van der Waals surface area contributed by atoms with E-state index in [2.05, 4.69) is 10.3 Å². The van der Waals surface area contributed by atoms with Gasteiger partial charge in [-0.1, -0.05) is 48.5 Å². The summed E-state index contributed by atoms with van der Waals surface area (Å²) in [5.41, 5.74) is 3.31. The smallest absolute Gasteiger partial charge is 0.321 e. The van der Waals surface area contributed by atoms with E-state index in [1.807, 2.05) is 48.7 Å². The molecule has 1 aromatic heterocycles. The fraction of sp³-hybridized carbons (Fsp3) is 0.160. The molecule has 3 aromatic carbocycles. The van der Waals surface area contributed by atoms with E-state index in [0.717, 1.165) is 22.0 Å². The second kappa shape index (κ2) is 9.45. The van der Waals surface area contributed by atoms with Crippen molar-refractivity contribution >= 4 is 16.9 Å². The van der Waals surface area contributed by atoms with E-state index >= 15 is 0 Å². The first-order chi connectivity index (χ1) is 15.1. The molecule has 0 saturated carbocycles. The van der Waals surface area contributed by atoms with Gasteiger partial charge in [-0.15, -0.1) is 0 Å². The molecule has 0 aliphatic rings. The van der Waals surface area contributed by atoms with E-state index in [0.29, 0.717) is 24.3 Å². The Kier molecular flexibility index (Phi) is 6.29. The van der Waals surface area contributed by atoms with Gasteiger partial charge in [-0.3, -0.25) is 4.79 Å². The predicted molar refractivity (Wildman–Crippen MR) is 117 cm³/mol. The van der Waals surface area contributed by atoms with Gasteiger partial charge in [-0.25, -0.2) is 4.39 Å². The van der Waals surface area contributed by atoms with Crippen molar-refractivity contribution in [3.05, 3.63) is 102 Å². The minimum atomic E-state index is -0.905. The van der Waals surface area contributed by atoms with Gasteiger partial charge < -0.3 is 20.1 Å². The summed E-state index contributed by atoms with van der Waals surface area (Å²) in [7, 11) is 0. The average Bonchev–Trinajstić information content (AvgIpc) is 3.19. The largest absolute Gasteiger partial charge is 0.489 e. The summed E-state index contributed by atoms with van der Waals surface area (Å²) in [6.07, 6.45) is 2.22. The zero-order valence-electron chi connectivity index (χ0n) is 16.8. The minimum absolute atomic E-state index is 0.127. The minimum Gasteiger partial charge on any atom is -0.489 e. The van der Waals surface area contributed by atoms with Gasteiger partial charge in [0.25, 0.3) is 0 Å². The highest BCUT2D eigenvalue weighted by Crippen LogP contribution is 2.20. The standard InChI is InChI=1S/C25H23FN2O3/c26-22-10-3-1-7-18(22)16-31-20-8-5-6-17(12-20)14-27-24(25(29)30)13-19-15-28-23-11-4-2-9-21(19)23/h1-12,15,24,27-28H,13-14,16H2,(H,29,30). The number of para-hydroxylation sites is 1. The van der Waals surface area contributed by atoms with E-state index in [1.165, 1.54) is 6.07 Å². The maximum Gasteiger partial charge on any atom is 0.321 e. The molecule has 0 saturated heterocycles. The van der Waals surface area contributed by atoms with Crippen LogP contribution < -0.4 is 10.1 Å². The van der Waals surface area contributed by atoms with Gasteiger partial charge in [-0.05, 0) is 35.4 Å². The monoisotopic (exact) mass is 418 g/mol. The summed E-state index contributed by atoms with van der Waals surface area (Å²) < 4.78 is 19.5. The van der Waals surface area contributed by atoms with Crippen molar-refractivity contribution in [3.63, 3.8) is 0 Å². The van der Waals surface area contributed by atoms with E-state index in [4.69, 9.17) is 4.74 Å². The van der Waals surface area contributed by atoms with Crippen LogP contribution in [-0.2, 0) is 24.4 Å². The third kappa shape index (κ3) is 5.10. The molecule has 158 valence electrons. The summed E-state index contributed by atoms with van der Waals surface area (Å²) in [5, 5.41) is 13.8. The number of ether oxygens (including phenoxy) is 1. The summed E-state index contributed by atoms with van der Waals surface area (Å²) in [6.45, 7) is 0.498. The van der Waals surface area contributed by atoms with Crippen molar-refractivity contribution < 1.29 is 19.0 Å². The molecule has 3 N–H and O–H groups in total. The fourth-order valence-corrected chi connectivity index (χ4v) is 3.53. The Bertz CT molecular complexity index is 1190. The van der Waals surface area contributed by atoms with Gasteiger partial charge in [0.2, 0.25) is 0 Å². The van der Waals surface area contributed by atoms with Gasteiger partial charge in [0.15, 0.2) is 0 Å². The lowest BCUT2D eigenvalue weighted by Crippen LogP contribution is -2.38. The number of H-pyrrole nitrogens is 1. The second-order valence-electron chi connectivity index (χ2n) is 7.36. The fourth-order valence-electron chi connectivity index (χ4n) is 3.53. The van der Waals surface area contributed by atoms with Crippen LogP contribution in [-0.4, -0.2) is 22.1 Å². The third-order valence-electron chi connectivity index (χ3n) is 5.20. The summed E-state index contributed by atoms with van der Waals surface area (Å²) in [5.74, 6) is -0.606. The summed E-state index contributed by atoms with van der Waals surface area (Å²) in [6, 6.07) is 20.9. The van der Waals surface area contributed by atoms with E-state index in [-0.39, 0.29) is 12.4 Å². The van der Waals surface area contributed by atoms with Crippen LogP contribution in [0.5, 0.6) is 5.75 Å². The van der Waals surface area contributed by atoms with Crippen molar-refractivity contribution in [2.45, 2.75) is 25.6 Å². The third-order valence-corrected chi connectivity index (χ3v) is 5.20. The van der Waals surface area contributed by atoms with Crippen molar-refractivity contribution in [3.8, 4) is 5.75 Å². The Morgan fingerprint density at radius 2 is 1.84 bits per heavy atom. The molecular formula is C25H23FN2O3. The molecule has 0 aliphatic carbocycles. The molecule has 0 radical (unpaired) electrons. The van der Waals surface area contributed by atoms with Crippen LogP contribution >= 0.6 is 0 Å². The number of benzene rings is 3. The van der Waals surface area contributed by atoms with E-state index < -0.39 is 12.0 Å². The lowest BCUT2D eigenvalue weighted by Gasteiger charge is -2.15. The zero-order chi connectivity index (χ0) is 21.6. The van der Waals surface area contributed by atoms with Gasteiger partial charge in [0, 0.05) is 35.6 Å². The predicted octanol–water partition coefficient (Wildman–Crippen LogP) is 4.67. The maximum absolute atomic E-state index is 13.8. The van der Waals surface area contributed by atoms with Crippen molar-refractivity contribution in [1.29, 1.82) is 0 Å². The lowest BCUT2D eigenvalue weighted by atomic mass is 10.0. The number of nitrogens with one attached hydrogen (secondary N) is 2. The number of aromatic amines is 1. The highest BCUT2D eigenvalue weighted by atomic mass is 19.1. The average molecular weight is 418 g/mol. The van der Waals surface area contributed by atoms with Crippen molar-refractivity contribution in [2.75, 3.05) is 0 Å². The Hall–Kier alpha value is -3.64. The first-order valence-corrected chi connectivity index (χ1v) is 10.1. The number of fused-ring (bicyclic) bond motifs is 1. The Labute approximate surface area is 179 Å². The molecule has 1 unspecified atom stereocenters. The van der Waals surface area contributed by atoms with Gasteiger partial charge in [0.1, 0.15) is 24.2 Å². The van der Waals surface area contributed by atoms with Crippen molar-refractivity contribution in [2.24, 2.45) is 0 Å². The number of hydrogen-bond acceptors (Lipinski definition) is 3. The molecule has 6 heteroatoms. The van der Waals surface area contributed by atoms with Crippen LogP contribution in [0, 0.1) is 5.82 Å². The van der Waals surface area contributed by atoms with Crippen LogP contribution in [0.4, 0.5) is 4.39 Å². The van der Waals surface area contributed by atoms with Gasteiger partial charge in [0.05, 0.1) is 0 Å². The first kappa shape index (κ1) is 20.6. The molecule has 0 bridgehead atoms. The lowest BCUT2D eigenvalue weighted by molar-refractivity contribution is -0.139. The SMILES string of the molecule is O=C(O)C(Cc1c[nH]c2ccccc12)NCc1cccc(OCc2ccccc2F)c1. The summed E-state index contributed by atoms with van der Waals surface area (Å²) in [4.78, 5) is 15.0. The molecule has 1 heterocycles. The van der Waals surface area contributed by atoms with Crippen LogP contribution in [0.25, 0.3) is 10.9 Å². The van der Waals surface area contributed by atoms with Crippen LogP contribution in [0.15, 0.2) is 79.0 Å². The molecule has 4 aromatic rings. The van der Waals surface area contributed by atoms with Crippen LogP contribution in [0.1, 0.15) is 16.7 Å². The number of aromatic nitrogens is 1. The van der Waals surface area contributed by atoms with E-state index in [1.54, 1.807) is 24.3 Å². The number of rotatable bonds is 9.